The number of likely N-dealkylation sites (N-methyl/N-ethyl adjacent to an activating group) is 1. The minimum Gasteiger partial charge on any atom is -0.378 e. The number of nitrogens with zero attached hydrogens (tertiary/aromatic N) is 6. The Hall–Kier alpha value is -2.71. The minimum absolute atomic E-state index is 0.523. The monoisotopic (exact) mass is 421 g/mol. The van der Waals surface area contributed by atoms with Gasteiger partial charge in [0.1, 0.15) is 11.6 Å². The Labute approximate surface area is 183 Å². The molecule has 0 radical (unpaired) electrons. The van der Waals surface area contributed by atoms with Crippen molar-refractivity contribution in [1.29, 1.82) is 0 Å². The highest BCUT2D eigenvalue weighted by molar-refractivity contribution is 5.74. The number of aromatic nitrogens is 4. The largest absolute Gasteiger partial charge is 0.378 e. The maximum Gasteiger partial charge on any atom is 0.227 e. The number of fused-ring (bicyclic) bond motifs is 1. The molecule has 31 heavy (non-hydrogen) atoms. The number of ether oxygens (including phenoxy) is 1. The van der Waals surface area contributed by atoms with Gasteiger partial charge in [-0.2, -0.15) is 4.98 Å². The minimum atomic E-state index is 0.523. The fraction of sp³-hybridized carbons (Fsp3) is 0.522. The molecule has 0 aliphatic carbocycles. The molecule has 3 aromatic rings. The van der Waals surface area contributed by atoms with E-state index in [0.29, 0.717) is 5.92 Å². The summed E-state index contributed by atoms with van der Waals surface area (Å²) in [4.78, 5) is 24.6. The number of nitrogens with one attached hydrogen (secondary N) is 1. The number of hydrogen-bond acceptors (Lipinski definition) is 7. The Kier molecular flexibility index (Phi) is 5.99. The molecule has 5 rings (SSSR count). The van der Waals surface area contributed by atoms with Crippen molar-refractivity contribution < 1.29 is 4.74 Å². The molecule has 0 unspecified atom stereocenters. The van der Waals surface area contributed by atoms with Gasteiger partial charge in [-0.25, -0.2) is 9.97 Å². The molecular formula is C23H31N7O. The molecule has 8 nitrogen and oxygen atoms in total. The lowest BCUT2D eigenvalue weighted by Gasteiger charge is -2.32. The lowest BCUT2D eigenvalue weighted by molar-refractivity contribution is 0.122. The topological polar surface area (TPSA) is 73.4 Å². The highest BCUT2D eigenvalue weighted by Gasteiger charge is 2.23. The van der Waals surface area contributed by atoms with Crippen LogP contribution < -0.4 is 9.80 Å². The number of aromatic amines is 1. The van der Waals surface area contributed by atoms with Crippen LogP contribution >= 0.6 is 0 Å². The van der Waals surface area contributed by atoms with Gasteiger partial charge in [0.2, 0.25) is 5.95 Å². The van der Waals surface area contributed by atoms with E-state index in [1.54, 1.807) is 0 Å². The summed E-state index contributed by atoms with van der Waals surface area (Å²) in [7, 11) is 2.08. The highest BCUT2D eigenvalue weighted by atomic mass is 16.5. The highest BCUT2D eigenvalue weighted by Crippen LogP contribution is 2.27. The van der Waals surface area contributed by atoms with Crippen molar-refractivity contribution in [3.8, 4) is 0 Å². The predicted molar refractivity (Wildman–Crippen MR) is 123 cm³/mol. The standard InChI is InChI=1S/C23H31N7O/c1-28(23-24-9-6-21(27-23)30-14-16-31-17-15-30)12-13-29-10-7-18(8-11-29)22-25-19-4-2-3-5-20(19)26-22/h2-6,9,18H,7-8,10-17H2,1H3,(H,25,26). The molecule has 2 saturated heterocycles. The van der Waals surface area contributed by atoms with Gasteiger partial charge in [-0.3, -0.25) is 0 Å². The first-order chi connectivity index (χ1) is 15.3. The van der Waals surface area contributed by atoms with Gasteiger partial charge in [-0.05, 0) is 44.1 Å². The average molecular weight is 422 g/mol. The fourth-order valence-electron chi connectivity index (χ4n) is 4.48. The number of likely N-dealkylation sites (tertiary alicyclic amines) is 1. The van der Waals surface area contributed by atoms with Crippen molar-refractivity contribution in [1.82, 2.24) is 24.8 Å². The van der Waals surface area contributed by atoms with Crippen molar-refractivity contribution in [2.24, 2.45) is 0 Å². The quantitative estimate of drug-likeness (QED) is 0.656. The van der Waals surface area contributed by atoms with Crippen LogP contribution in [0.3, 0.4) is 0 Å². The van der Waals surface area contributed by atoms with Crippen LogP contribution in [0, 0.1) is 0 Å². The first-order valence-corrected chi connectivity index (χ1v) is 11.3. The molecule has 0 spiro atoms. The van der Waals surface area contributed by atoms with E-state index in [-0.39, 0.29) is 0 Å². The number of para-hydroxylation sites is 2. The number of H-pyrrole nitrogens is 1. The molecule has 1 N–H and O–H groups in total. The summed E-state index contributed by atoms with van der Waals surface area (Å²) in [6.45, 7) is 7.45. The number of hydrogen-bond donors (Lipinski definition) is 1. The first-order valence-electron chi connectivity index (χ1n) is 11.3. The maximum absolute atomic E-state index is 5.45. The normalized spacial score (nSPS) is 18.5. The third-order valence-corrected chi connectivity index (χ3v) is 6.44. The summed E-state index contributed by atoms with van der Waals surface area (Å²) >= 11 is 0. The summed E-state index contributed by atoms with van der Waals surface area (Å²) in [5.74, 6) is 3.45. The maximum atomic E-state index is 5.45. The van der Waals surface area contributed by atoms with Crippen LogP contribution in [0.5, 0.6) is 0 Å². The average Bonchev–Trinajstić information content (AvgIpc) is 3.28. The van der Waals surface area contributed by atoms with E-state index in [1.807, 2.05) is 18.3 Å². The Balaban J connectivity index is 1.12. The van der Waals surface area contributed by atoms with E-state index in [4.69, 9.17) is 14.7 Å². The molecule has 2 aliphatic heterocycles. The van der Waals surface area contributed by atoms with Gasteiger partial charge in [0.15, 0.2) is 0 Å². The Morgan fingerprint density at radius 2 is 1.87 bits per heavy atom. The zero-order chi connectivity index (χ0) is 21.0. The van der Waals surface area contributed by atoms with Crippen molar-refractivity contribution in [2.45, 2.75) is 18.8 Å². The van der Waals surface area contributed by atoms with E-state index in [9.17, 15) is 0 Å². The second kappa shape index (κ2) is 9.20. The van der Waals surface area contributed by atoms with E-state index in [1.165, 1.54) is 0 Å². The van der Waals surface area contributed by atoms with Gasteiger partial charge in [-0.15, -0.1) is 0 Å². The molecule has 1 aromatic carbocycles. The lowest BCUT2D eigenvalue weighted by Crippen LogP contribution is -2.39. The summed E-state index contributed by atoms with van der Waals surface area (Å²) < 4.78 is 5.45. The smallest absolute Gasteiger partial charge is 0.227 e. The molecule has 4 heterocycles. The van der Waals surface area contributed by atoms with Crippen LogP contribution in [-0.2, 0) is 4.74 Å². The zero-order valence-electron chi connectivity index (χ0n) is 18.2. The lowest BCUT2D eigenvalue weighted by atomic mass is 9.96. The third-order valence-electron chi connectivity index (χ3n) is 6.44. The van der Waals surface area contributed by atoms with Crippen LogP contribution in [0.25, 0.3) is 11.0 Å². The van der Waals surface area contributed by atoms with Crippen LogP contribution in [0.15, 0.2) is 36.5 Å². The molecule has 0 amide bonds. The number of imidazole rings is 1. The second-order valence-corrected chi connectivity index (χ2v) is 8.49. The fourth-order valence-corrected chi connectivity index (χ4v) is 4.48. The number of benzene rings is 1. The van der Waals surface area contributed by atoms with Gasteiger partial charge in [0.05, 0.1) is 24.2 Å². The molecule has 2 aromatic heterocycles. The summed E-state index contributed by atoms with van der Waals surface area (Å²) in [6, 6.07) is 10.3. The van der Waals surface area contributed by atoms with E-state index in [2.05, 4.69) is 49.9 Å². The third kappa shape index (κ3) is 4.65. The summed E-state index contributed by atoms with van der Waals surface area (Å²) in [5.41, 5.74) is 2.21. The first kappa shape index (κ1) is 20.2. The zero-order valence-corrected chi connectivity index (χ0v) is 18.2. The van der Waals surface area contributed by atoms with Gasteiger partial charge in [-0.1, -0.05) is 12.1 Å². The van der Waals surface area contributed by atoms with Crippen LogP contribution in [-0.4, -0.2) is 84.4 Å². The van der Waals surface area contributed by atoms with Gasteiger partial charge in [0.25, 0.3) is 0 Å². The Morgan fingerprint density at radius 3 is 2.68 bits per heavy atom. The summed E-state index contributed by atoms with van der Waals surface area (Å²) in [5, 5.41) is 0. The Morgan fingerprint density at radius 1 is 1.06 bits per heavy atom. The number of rotatable bonds is 6. The van der Waals surface area contributed by atoms with Crippen LogP contribution in [0.4, 0.5) is 11.8 Å². The molecular weight excluding hydrogens is 390 g/mol. The molecule has 2 fully saturated rings. The van der Waals surface area contributed by atoms with Crippen molar-refractivity contribution in [3.63, 3.8) is 0 Å². The number of anilines is 2. The Bertz CT molecular complexity index is 959. The number of morpholine rings is 1. The van der Waals surface area contributed by atoms with Gasteiger partial charge >= 0.3 is 0 Å². The molecule has 0 saturated carbocycles. The van der Waals surface area contributed by atoms with Crippen molar-refractivity contribution >= 4 is 22.8 Å². The van der Waals surface area contributed by atoms with Crippen LogP contribution in [0.2, 0.25) is 0 Å². The molecule has 0 atom stereocenters. The van der Waals surface area contributed by atoms with E-state index in [0.717, 1.165) is 93.9 Å². The van der Waals surface area contributed by atoms with Gasteiger partial charge in [0, 0.05) is 45.3 Å². The number of piperidine rings is 1. The SMILES string of the molecule is CN(CCN1CCC(c2nc3ccccc3[nH]2)CC1)c1nccc(N2CCOCC2)n1. The van der Waals surface area contributed by atoms with Crippen molar-refractivity contribution in [2.75, 3.05) is 69.3 Å². The van der Waals surface area contributed by atoms with Crippen molar-refractivity contribution in [3.05, 3.63) is 42.4 Å². The van der Waals surface area contributed by atoms with Gasteiger partial charge < -0.3 is 24.4 Å². The molecule has 0 bridgehead atoms. The van der Waals surface area contributed by atoms with Crippen LogP contribution in [0.1, 0.15) is 24.6 Å². The predicted octanol–water partition coefficient (Wildman–Crippen LogP) is 2.51. The molecule has 2 aliphatic rings. The molecule has 164 valence electrons. The summed E-state index contributed by atoms with van der Waals surface area (Å²) in [6.07, 6.45) is 4.15. The second-order valence-electron chi connectivity index (χ2n) is 8.49. The van der Waals surface area contributed by atoms with E-state index < -0.39 is 0 Å². The van der Waals surface area contributed by atoms with E-state index >= 15 is 0 Å². The molecule has 8 heteroatoms.